The molecular formula is C24H46NO4+. The molecule has 5 heteroatoms. The molecule has 1 N–H and O–H groups in total. The number of carbonyl (C=O) groups is 2. The van der Waals surface area contributed by atoms with Gasteiger partial charge in [-0.3, -0.25) is 4.48 Å². The fourth-order valence-electron chi connectivity index (χ4n) is 3.50. The second kappa shape index (κ2) is 18.8. The molecule has 0 aromatic carbocycles. The van der Waals surface area contributed by atoms with Crippen LogP contribution in [0.1, 0.15) is 96.8 Å². The van der Waals surface area contributed by atoms with E-state index in [0.29, 0.717) is 19.6 Å². The molecule has 0 aliphatic carbocycles. The van der Waals surface area contributed by atoms with Crippen LogP contribution in [0, 0.1) is 0 Å². The number of aliphatic carboxylic acids is 1. The third-order valence-electron chi connectivity index (χ3n) is 5.53. The van der Waals surface area contributed by atoms with Crippen LogP contribution in [-0.2, 0) is 14.3 Å². The molecule has 0 aliphatic heterocycles. The monoisotopic (exact) mass is 412 g/mol. The molecule has 1 amide bonds. The van der Waals surface area contributed by atoms with E-state index in [1.54, 1.807) is 14.2 Å². The predicted molar refractivity (Wildman–Crippen MR) is 120 cm³/mol. The number of quaternary nitrogens is 1. The van der Waals surface area contributed by atoms with E-state index >= 15 is 0 Å². The molecular weight excluding hydrogens is 366 g/mol. The second-order valence-corrected chi connectivity index (χ2v) is 8.39. The first-order chi connectivity index (χ1) is 14.0. The van der Waals surface area contributed by atoms with E-state index in [1.165, 1.54) is 57.8 Å². The fraction of sp³-hybridized carbons (Fsp3) is 0.833. The van der Waals surface area contributed by atoms with Crippen LogP contribution in [0.2, 0.25) is 0 Å². The smallest absolute Gasteiger partial charge is 0.359 e. The van der Waals surface area contributed by atoms with E-state index < -0.39 is 5.97 Å². The second-order valence-electron chi connectivity index (χ2n) is 8.39. The maximum Gasteiger partial charge on any atom is 0.359 e. The zero-order valence-corrected chi connectivity index (χ0v) is 19.3. The van der Waals surface area contributed by atoms with Crippen LogP contribution in [-0.4, -0.2) is 55.3 Å². The van der Waals surface area contributed by atoms with Crippen LogP contribution < -0.4 is 0 Å². The summed E-state index contributed by atoms with van der Waals surface area (Å²) in [5.41, 5.74) is 0. The fourth-order valence-corrected chi connectivity index (χ4v) is 3.50. The summed E-state index contributed by atoms with van der Waals surface area (Å²) in [6, 6.07) is 0. The van der Waals surface area contributed by atoms with E-state index in [0.717, 1.165) is 25.7 Å². The van der Waals surface area contributed by atoms with Gasteiger partial charge in [-0.05, 0) is 32.1 Å². The minimum Gasteiger partial charge on any atom is -0.477 e. The molecule has 0 aromatic rings. The van der Waals surface area contributed by atoms with E-state index in [4.69, 9.17) is 9.84 Å². The van der Waals surface area contributed by atoms with Crippen molar-refractivity contribution in [3.05, 3.63) is 12.2 Å². The topological polar surface area (TPSA) is 63.6 Å². The lowest BCUT2D eigenvalue weighted by molar-refractivity contribution is -0.828. The summed E-state index contributed by atoms with van der Waals surface area (Å²) in [6.45, 7) is 2.88. The molecule has 0 fully saturated rings. The first-order valence-electron chi connectivity index (χ1n) is 11.7. The van der Waals surface area contributed by atoms with Gasteiger partial charge in [-0.1, -0.05) is 70.4 Å². The van der Waals surface area contributed by atoms with Crippen molar-refractivity contribution in [3.63, 3.8) is 0 Å². The van der Waals surface area contributed by atoms with Gasteiger partial charge in [-0.15, -0.1) is 0 Å². The van der Waals surface area contributed by atoms with Gasteiger partial charge in [0.2, 0.25) is 0 Å². The average molecular weight is 413 g/mol. The zero-order chi connectivity index (χ0) is 21.8. The summed E-state index contributed by atoms with van der Waals surface area (Å²) in [5, 5.41) is 9.09. The predicted octanol–water partition coefficient (Wildman–Crippen LogP) is 5.73. The number of hydrogen-bond acceptors (Lipinski definition) is 3. The number of methoxy groups -OCH3 is 1. The highest BCUT2D eigenvalue weighted by molar-refractivity contribution is 5.74. The van der Waals surface area contributed by atoms with Crippen molar-refractivity contribution in [2.24, 2.45) is 0 Å². The van der Waals surface area contributed by atoms with Crippen molar-refractivity contribution in [1.82, 2.24) is 0 Å². The maximum absolute atomic E-state index is 12.5. The molecule has 0 saturated carbocycles. The normalized spacial score (nSPS) is 13.6. The average Bonchev–Trinajstić information content (AvgIpc) is 2.68. The highest BCUT2D eigenvalue weighted by atomic mass is 16.5. The Hall–Kier alpha value is -1.20. The Kier molecular flexibility index (Phi) is 18.0. The van der Waals surface area contributed by atoms with Gasteiger partial charge in [0.25, 0.3) is 0 Å². The first-order valence-corrected chi connectivity index (χ1v) is 11.7. The van der Waals surface area contributed by atoms with Gasteiger partial charge in [-0.2, -0.15) is 0 Å². The first kappa shape index (κ1) is 27.8. The molecule has 0 heterocycles. The van der Waals surface area contributed by atoms with Crippen LogP contribution in [0.5, 0.6) is 0 Å². The number of rotatable bonds is 20. The SMILES string of the molecule is CCCCCCCC/C=C\CCCCCCCC(=O)[N+](C)(CCOC)CC(=O)O. The maximum atomic E-state index is 12.5. The highest BCUT2D eigenvalue weighted by Gasteiger charge is 2.33. The number of nitrogens with zero attached hydrogens (tertiary/aromatic N) is 1. The number of amides is 1. The molecule has 0 aliphatic rings. The highest BCUT2D eigenvalue weighted by Crippen LogP contribution is 2.13. The Bertz CT molecular complexity index is 450. The van der Waals surface area contributed by atoms with E-state index in [2.05, 4.69) is 19.1 Å². The molecule has 0 rings (SSSR count). The molecule has 0 spiro atoms. The minimum absolute atomic E-state index is 0.00192. The summed E-state index contributed by atoms with van der Waals surface area (Å²) in [6.07, 6.45) is 21.0. The molecule has 1 atom stereocenters. The number of ether oxygens (including phenoxy) is 1. The summed E-state index contributed by atoms with van der Waals surface area (Å²) in [4.78, 5) is 23.6. The van der Waals surface area contributed by atoms with Crippen molar-refractivity contribution in [2.45, 2.75) is 96.8 Å². The van der Waals surface area contributed by atoms with E-state index in [1.807, 2.05) is 0 Å². The largest absolute Gasteiger partial charge is 0.477 e. The van der Waals surface area contributed by atoms with Gasteiger partial charge in [0, 0.05) is 7.11 Å². The van der Waals surface area contributed by atoms with E-state index in [-0.39, 0.29) is 16.9 Å². The summed E-state index contributed by atoms with van der Waals surface area (Å²) in [7, 11) is 3.27. The summed E-state index contributed by atoms with van der Waals surface area (Å²) < 4.78 is 4.96. The lowest BCUT2D eigenvalue weighted by Gasteiger charge is -2.29. The van der Waals surface area contributed by atoms with Crippen LogP contribution in [0.3, 0.4) is 0 Å². The molecule has 0 bridgehead atoms. The Labute approximate surface area is 179 Å². The molecule has 1 unspecified atom stereocenters. The Morgan fingerprint density at radius 1 is 0.862 bits per heavy atom. The molecule has 170 valence electrons. The molecule has 0 radical (unpaired) electrons. The third kappa shape index (κ3) is 16.3. The lowest BCUT2D eigenvalue weighted by atomic mass is 10.1. The number of hydrogen-bond donors (Lipinski definition) is 1. The van der Waals surface area contributed by atoms with Crippen molar-refractivity contribution in [2.75, 3.05) is 33.9 Å². The van der Waals surface area contributed by atoms with Gasteiger partial charge >= 0.3 is 11.9 Å². The zero-order valence-electron chi connectivity index (χ0n) is 19.3. The van der Waals surface area contributed by atoms with Gasteiger partial charge in [0.05, 0.1) is 20.1 Å². The summed E-state index contributed by atoms with van der Waals surface area (Å²) in [5.74, 6) is -0.941. The van der Waals surface area contributed by atoms with Crippen LogP contribution >= 0.6 is 0 Å². The van der Waals surface area contributed by atoms with Gasteiger partial charge in [0.1, 0.15) is 6.54 Å². The Morgan fingerprint density at radius 2 is 1.38 bits per heavy atom. The van der Waals surface area contributed by atoms with Gasteiger partial charge in [-0.25, -0.2) is 9.59 Å². The minimum atomic E-state index is -0.943. The number of unbranched alkanes of at least 4 members (excludes halogenated alkanes) is 11. The van der Waals surface area contributed by atoms with Gasteiger partial charge < -0.3 is 9.84 Å². The number of carboxylic acid groups (broad SMARTS) is 1. The van der Waals surface area contributed by atoms with Crippen LogP contribution in [0.15, 0.2) is 12.2 Å². The number of allylic oxidation sites excluding steroid dienone is 2. The number of likely N-dealkylation sites (N-methyl/N-ethyl adjacent to an activating group) is 1. The molecule has 29 heavy (non-hydrogen) atoms. The standard InChI is InChI=1S/C24H45NO4/c1-4-5-6-7-8-9-10-11-12-13-14-15-16-17-18-19-23(26)25(2,20-21-29-3)22-24(27)28/h11-12H,4-10,13-22H2,1-3H3/p+1/b12-11-. The molecule has 0 aromatic heterocycles. The van der Waals surface area contributed by atoms with Crippen molar-refractivity contribution >= 4 is 11.9 Å². The van der Waals surface area contributed by atoms with Crippen LogP contribution in [0.25, 0.3) is 0 Å². The Morgan fingerprint density at radius 3 is 1.90 bits per heavy atom. The summed E-state index contributed by atoms with van der Waals surface area (Å²) >= 11 is 0. The number of carbonyl (C=O) groups excluding carboxylic acids is 1. The third-order valence-corrected chi connectivity index (χ3v) is 5.53. The van der Waals surface area contributed by atoms with E-state index in [9.17, 15) is 9.59 Å². The van der Waals surface area contributed by atoms with Crippen molar-refractivity contribution < 1.29 is 23.9 Å². The van der Waals surface area contributed by atoms with Crippen molar-refractivity contribution in [1.29, 1.82) is 0 Å². The van der Waals surface area contributed by atoms with Crippen molar-refractivity contribution in [3.8, 4) is 0 Å². The molecule has 5 nitrogen and oxygen atoms in total. The van der Waals surface area contributed by atoms with Crippen LogP contribution in [0.4, 0.5) is 0 Å². The molecule has 0 saturated heterocycles. The number of carboxylic acids is 1. The van der Waals surface area contributed by atoms with Gasteiger partial charge in [0.15, 0.2) is 6.54 Å². The lowest BCUT2D eigenvalue weighted by Crippen LogP contribution is -2.54. The Balaban J connectivity index is 3.71. The quantitative estimate of drug-likeness (QED) is 0.158.